The van der Waals surface area contributed by atoms with Crippen LogP contribution in [0.3, 0.4) is 0 Å². The van der Waals surface area contributed by atoms with Gasteiger partial charge in [0.25, 0.3) is 0 Å². The van der Waals surface area contributed by atoms with E-state index in [1.807, 2.05) is 0 Å². The van der Waals surface area contributed by atoms with Crippen LogP contribution in [0.25, 0.3) is 0 Å². The summed E-state index contributed by atoms with van der Waals surface area (Å²) in [6.45, 7) is 1.47. The Bertz CT molecular complexity index is 70.7. The van der Waals surface area contributed by atoms with E-state index in [1.165, 1.54) is 0 Å². The summed E-state index contributed by atoms with van der Waals surface area (Å²) in [5.41, 5.74) is 0. The molecule has 70 valence electrons. The van der Waals surface area contributed by atoms with Crippen LogP contribution in [0.4, 0.5) is 13.2 Å². The third-order valence-electron chi connectivity index (χ3n) is 0.637. The Hall–Kier alpha value is -0.290. The zero-order chi connectivity index (χ0) is 9.33. The van der Waals surface area contributed by atoms with Gasteiger partial charge in [0.1, 0.15) is 6.79 Å². The molecular formula is C6H13F3O2. The van der Waals surface area contributed by atoms with Crippen LogP contribution < -0.4 is 0 Å². The van der Waals surface area contributed by atoms with Gasteiger partial charge in [0, 0.05) is 20.6 Å². The van der Waals surface area contributed by atoms with Gasteiger partial charge in [0.2, 0.25) is 0 Å². The van der Waals surface area contributed by atoms with Crippen LogP contribution in [0.5, 0.6) is 0 Å². The molecule has 0 heterocycles. The van der Waals surface area contributed by atoms with Gasteiger partial charge in [0.15, 0.2) is 0 Å². The highest BCUT2D eigenvalue weighted by atomic mass is 19.4. The summed E-state index contributed by atoms with van der Waals surface area (Å²) in [5, 5.41) is 0. The highest BCUT2D eigenvalue weighted by molar-refractivity contribution is 4.39. The third-order valence-corrected chi connectivity index (χ3v) is 0.637. The summed E-state index contributed by atoms with van der Waals surface area (Å²) in [4.78, 5) is 0. The maximum absolute atomic E-state index is 10.8. The molecule has 0 saturated carbocycles. The van der Waals surface area contributed by atoms with Gasteiger partial charge in [-0.05, 0) is 0 Å². The minimum absolute atomic E-state index is 0.389. The molecule has 5 heteroatoms. The summed E-state index contributed by atoms with van der Waals surface area (Å²) >= 11 is 0. The summed E-state index contributed by atoms with van der Waals surface area (Å²) in [7, 11) is 3.17. The van der Waals surface area contributed by atoms with Crippen molar-refractivity contribution in [1.29, 1.82) is 0 Å². The first-order valence-electron chi connectivity index (χ1n) is 3.02. The molecule has 0 aromatic carbocycles. The first kappa shape index (κ1) is 13.3. The monoisotopic (exact) mass is 174 g/mol. The summed E-state index contributed by atoms with van der Waals surface area (Å²) in [6, 6.07) is 0. The quantitative estimate of drug-likeness (QED) is 0.597. The molecule has 0 aliphatic rings. The van der Waals surface area contributed by atoms with Crippen molar-refractivity contribution in [3.05, 3.63) is 0 Å². The zero-order valence-corrected chi connectivity index (χ0v) is 6.86. The number of ether oxygens (including phenoxy) is 2. The molecule has 0 amide bonds. The van der Waals surface area contributed by atoms with Crippen LogP contribution in [0, 0.1) is 0 Å². The Kier molecular flexibility index (Phi) is 9.45. The number of alkyl halides is 3. The van der Waals surface area contributed by atoms with E-state index >= 15 is 0 Å². The Balaban J connectivity index is 0. The molecule has 0 aliphatic carbocycles. The van der Waals surface area contributed by atoms with Crippen LogP contribution in [0.1, 0.15) is 13.3 Å². The van der Waals surface area contributed by atoms with E-state index in [1.54, 1.807) is 14.2 Å². The van der Waals surface area contributed by atoms with Gasteiger partial charge < -0.3 is 9.47 Å². The van der Waals surface area contributed by atoms with E-state index in [-0.39, 0.29) is 0 Å². The first-order valence-corrected chi connectivity index (χ1v) is 3.02. The lowest BCUT2D eigenvalue weighted by atomic mass is 10.5. The van der Waals surface area contributed by atoms with Crippen molar-refractivity contribution in [2.75, 3.05) is 21.0 Å². The standard InChI is InChI=1S/C3H5F3.C3H8O2/c1-2-3(4,5)6;1-4-3-5-2/h2H2,1H3;3H2,1-2H3. The van der Waals surface area contributed by atoms with Crippen molar-refractivity contribution >= 4 is 0 Å². The maximum atomic E-state index is 10.8. The number of halogens is 3. The Morgan fingerprint density at radius 1 is 1.09 bits per heavy atom. The van der Waals surface area contributed by atoms with Gasteiger partial charge in [-0.1, -0.05) is 6.92 Å². The molecule has 0 N–H and O–H groups in total. The predicted octanol–water partition coefficient (Wildman–Crippen LogP) is 2.20. The third kappa shape index (κ3) is 26.0. The minimum Gasteiger partial charge on any atom is -0.359 e. The molecule has 0 radical (unpaired) electrons. The van der Waals surface area contributed by atoms with Gasteiger partial charge in [-0.15, -0.1) is 0 Å². The molecule has 0 unspecified atom stereocenters. The van der Waals surface area contributed by atoms with Crippen molar-refractivity contribution < 1.29 is 22.6 Å². The van der Waals surface area contributed by atoms with Gasteiger partial charge in [-0.2, -0.15) is 13.2 Å². The average molecular weight is 174 g/mol. The van der Waals surface area contributed by atoms with Gasteiger partial charge >= 0.3 is 6.18 Å². The fourth-order valence-electron chi connectivity index (χ4n) is 0.118. The number of methoxy groups -OCH3 is 2. The molecule has 0 bridgehead atoms. The Labute approximate surface area is 64.3 Å². The molecule has 0 rings (SSSR count). The van der Waals surface area contributed by atoms with Gasteiger partial charge in [-0.3, -0.25) is 0 Å². The summed E-state index contributed by atoms with van der Waals surface area (Å²) in [6.07, 6.45) is -4.69. The van der Waals surface area contributed by atoms with E-state index in [2.05, 4.69) is 9.47 Å². The second-order valence-electron chi connectivity index (χ2n) is 1.66. The summed E-state index contributed by atoms with van der Waals surface area (Å²) < 4.78 is 41.3. The van der Waals surface area contributed by atoms with Crippen molar-refractivity contribution in [2.45, 2.75) is 19.5 Å². The molecule has 0 fully saturated rings. The SMILES string of the molecule is CCC(F)(F)F.COCOC. The van der Waals surface area contributed by atoms with Crippen LogP contribution in [-0.2, 0) is 9.47 Å². The fourth-order valence-corrected chi connectivity index (χ4v) is 0.118. The van der Waals surface area contributed by atoms with E-state index in [4.69, 9.17) is 0 Å². The lowest BCUT2D eigenvalue weighted by Gasteiger charge is -1.96. The minimum atomic E-state index is -3.96. The molecule has 11 heavy (non-hydrogen) atoms. The lowest BCUT2D eigenvalue weighted by Crippen LogP contribution is -2.02. The molecule has 2 nitrogen and oxygen atoms in total. The van der Waals surface area contributed by atoms with E-state index in [0.717, 1.165) is 6.92 Å². The molecule has 0 atom stereocenters. The van der Waals surface area contributed by atoms with Crippen LogP contribution >= 0.6 is 0 Å². The van der Waals surface area contributed by atoms with E-state index in [9.17, 15) is 13.2 Å². The van der Waals surface area contributed by atoms with Crippen molar-refractivity contribution in [3.8, 4) is 0 Å². The Morgan fingerprint density at radius 3 is 1.36 bits per heavy atom. The normalized spacial score (nSPS) is 10.4. The lowest BCUT2D eigenvalue weighted by molar-refractivity contribution is -0.130. The van der Waals surface area contributed by atoms with Crippen LogP contribution in [0.2, 0.25) is 0 Å². The van der Waals surface area contributed by atoms with Gasteiger partial charge in [-0.25, -0.2) is 0 Å². The largest absolute Gasteiger partial charge is 0.388 e. The molecule has 0 aliphatic heterocycles. The number of hydrogen-bond donors (Lipinski definition) is 0. The van der Waals surface area contributed by atoms with Crippen molar-refractivity contribution in [2.24, 2.45) is 0 Å². The molecular weight excluding hydrogens is 161 g/mol. The van der Waals surface area contributed by atoms with Crippen molar-refractivity contribution in [3.63, 3.8) is 0 Å². The topological polar surface area (TPSA) is 18.5 Å². The number of rotatable bonds is 2. The van der Waals surface area contributed by atoms with Crippen LogP contribution in [-0.4, -0.2) is 27.2 Å². The second-order valence-corrected chi connectivity index (χ2v) is 1.66. The maximum Gasteiger partial charge on any atom is 0.388 e. The second kappa shape index (κ2) is 7.81. The highest BCUT2D eigenvalue weighted by Gasteiger charge is 2.22. The predicted molar refractivity (Wildman–Crippen MR) is 35.2 cm³/mol. The summed E-state index contributed by atoms with van der Waals surface area (Å²) in [5.74, 6) is 0. The highest BCUT2D eigenvalue weighted by Crippen LogP contribution is 2.17. The molecule has 0 aromatic heterocycles. The zero-order valence-electron chi connectivity index (χ0n) is 6.86. The molecule has 0 spiro atoms. The molecule has 0 saturated heterocycles. The first-order chi connectivity index (χ1) is 4.97. The van der Waals surface area contributed by atoms with Gasteiger partial charge in [0.05, 0.1) is 0 Å². The Morgan fingerprint density at radius 2 is 1.36 bits per heavy atom. The van der Waals surface area contributed by atoms with E-state index < -0.39 is 12.6 Å². The van der Waals surface area contributed by atoms with Crippen LogP contribution in [0.15, 0.2) is 0 Å². The molecule has 0 aromatic rings. The van der Waals surface area contributed by atoms with Crippen molar-refractivity contribution in [1.82, 2.24) is 0 Å². The smallest absolute Gasteiger partial charge is 0.359 e. The average Bonchev–Trinajstić information content (AvgIpc) is 1.90. The number of hydrogen-bond acceptors (Lipinski definition) is 2. The van der Waals surface area contributed by atoms with E-state index in [0.29, 0.717) is 6.79 Å². The fraction of sp³-hybridized carbons (Fsp3) is 1.00.